The van der Waals surface area contributed by atoms with Crippen molar-refractivity contribution in [1.29, 1.82) is 0 Å². The van der Waals surface area contributed by atoms with Crippen molar-refractivity contribution in [1.82, 2.24) is 0 Å². The average molecular weight is 184 g/mol. The van der Waals surface area contributed by atoms with Gasteiger partial charge in [-0.25, -0.2) is 0 Å². The van der Waals surface area contributed by atoms with Gasteiger partial charge >= 0.3 is 0 Å². The number of aliphatic hydroxyl groups is 1. The van der Waals surface area contributed by atoms with Gasteiger partial charge in [-0.2, -0.15) is 0 Å². The van der Waals surface area contributed by atoms with Crippen molar-refractivity contribution in [2.24, 2.45) is 11.8 Å². The molecule has 1 saturated carbocycles. The summed E-state index contributed by atoms with van der Waals surface area (Å²) in [6, 6.07) is 0. The SMILES string of the molecule is CCC1CCCC(O)(C(C)C)CC1. The summed E-state index contributed by atoms with van der Waals surface area (Å²) in [7, 11) is 0. The molecule has 1 N–H and O–H groups in total. The first kappa shape index (κ1) is 11.0. The maximum Gasteiger partial charge on any atom is 0.0670 e. The molecule has 0 radical (unpaired) electrons. The summed E-state index contributed by atoms with van der Waals surface area (Å²) in [6.07, 6.45) is 7.09. The molecule has 78 valence electrons. The Morgan fingerprint density at radius 2 is 2.00 bits per heavy atom. The summed E-state index contributed by atoms with van der Waals surface area (Å²) in [5.74, 6) is 1.29. The molecule has 0 aromatic heterocycles. The van der Waals surface area contributed by atoms with Crippen LogP contribution in [-0.4, -0.2) is 10.7 Å². The Labute approximate surface area is 82.5 Å². The van der Waals surface area contributed by atoms with E-state index in [0.29, 0.717) is 5.92 Å². The molecule has 0 aromatic rings. The molecule has 1 heteroatoms. The summed E-state index contributed by atoms with van der Waals surface area (Å²) >= 11 is 0. The van der Waals surface area contributed by atoms with E-state index in [0.717, 1.165) is 18.8 Å². The van der Waals surface area contributed by atoms with Gasteiger partial charge in [-0.05, 0) is 31.1 Å². The van der Waals surface area contributed by atoms with Gasteiger partial charge < -0.3 is 5.11 Å². The third kappa shape index (κ3) is 2.70. The predicted octanol–water partition coefficient (Wildman–Crippen LogP) is 3.36. The molecule has 0 amide bonds. The fourth-order valence-electron chi connectivity index (χ4n) is 2.41. The number of hydrogen-bond donors (Lipinski definition) is 1. The first-order valence-electron chi connectivity index (χ1n) is 5.81. The van der Waals surface area contributed by atoms with Gasteiger partial charge in [-0.1, -0.05) is 40.0 Å². The molecule has 1 fully saturated rings. The lowest BCUT2D eigenvalue weighted by Crippen LogP contribution is -2.34. The lowest BCUT2D eigenvalue weighted by molar-refractivity contribution is -0.0196. The lowest BCUT2D eigenvalue weighted by Gasteiger charge is -2.31. The van der Waals surface area contributed by atoms with Crippen LogP contribution in [0.2, 0.25) is 0 Å². The monoisotopic (exact) mass is 184 g/mol. The zero-order chi connectivity index (χ0) is 9.90. The van der Waals surface area contributed by atoms with Crippen LogP contribution in [0, 0.1) is 11.8 Å². The Balaban J connectivity index is 2.52. The van der Waals surface area contributed by atoms with Gasteiger partial charge in [-0.15, -0.1) is 0 Å². The first-order chi connectivity index (χ1) is 6.08. The van der Waals surface area contributed by atoms with Crippen molar-refractivity contribution in [3.63, 3.8) is 0 Å². The Bertz CT molecular complexity index is 153. The normalized spacial score (nSPS) is 36.2. The Hall–Kier alpha value is -0.0400. The minimum Gasteiger partial charge on any atom is -0.390 e. The van der Waals surface area contributed by atoms with Gasteiger partial charge in [0.2, 0.25) is 0 Å². The van der Waals surface area contributed by atoms with Crippen LogP contribution in [0.25, 0.3) is 0 Å². The topological polar surface area (TPSA) is 20.2 Å². The highest BCUT2D eigenvalue weighted by molar-refractivity contribution is 4.85. The number of hydrogen-bond acceptors (Lipinski definition) is 1. The third-order valence-electron chi connectivity index (χ3n) is 3.86. The van der Waals surface area contributed by atoms with E-state index in [1.54, 1.807) is 0 Å². The second-order valence-electron chi connectivity index (χ2n) is 4.96. The Morgan fingerprint density at radius 1 is 1.31 bits per heavy atom. The van der Waals surface area contributed by atoms with E-state index in [9.17, 15) is 5.11 Å². The molecule has 1 aliphatic rings. The molecule has 0 aliphatic heterocycles. The van der Waals surface area contributed by atoms with Crippen molar-refractivity contribution >= 4 is 0 Å². The largest absolute Gasteiger partial charge is 0.390 e. The zero-order valence-electron chi connectivity index (χ0n) is 9.34. The summed E-state index contributed by atoms with van der Waals surface area (Å²) < 4.78 is 0. The van der Waals surface area contributed by atoms with E-state index in [-0.39, 0.29) is 5.60 Å². The maximum absolute atomic E-state index is 10.3. The van der Waals surface area contributed by atoms with E-state index >= 15 is 0 Å². The predicted molar refractivity (Wildman–Crippen MR) is 56.7 cm³/mol. The third-order valence-corrected chi connectivity index (χ3v) is 3.86. The van der Waals surface area contributed by atoms with Crippen LogP contribution in [0.5, 0.6) is 0 Å². The van der Waals surface area contributed by atoms with Crippen molar-refractivity contribution < 1.29 is 5.11 Å². The first-order valence-corrected chi connectivity index (χ1v) is 5.81. The molecule has 0 saturated heterocycles. The fraction of sp³-hybridized carbons (Fsp3) is 1.00. The summed E-state index contributed by atoms with van der Waals surface area (Å²) in [6.45, 7) is 6.56. The van der Waals surface area contributed by atoms with E-state index in [1.807, 2.05) is 0 Å². The van der Waals surface area contributed by atoms with Crippen LogP contribution in [0.3, 0.4) is 0 Å². The molecule has 13 heavy (non-hydrogen) atoms. The molecule has 0 bridgehead atoms. The molecule has 0 spiro atoms. The fourth-order valence-corrected chi connectivity index (χ4v) is 2.41. The summed E-state index contributed by atoms with van der Waals surface area (Å²) in [4.78, 5) is 0. The minimum atomic E-state index is -0.357. The standard InChI is InChI=1S/C12H24O/c1-4-11-6-5-8-12(13,9-7-11)10(2)3/h10-11,13H,4-9H2,1-3H3. The average Bonchev–Trinajstić information content (AvgIpc) is 2.28. The van der Waals surface area contributed by atoms with Crippen LogP contribution >= 0.6 is 0 Å². The van der Waals surface area contributed by atoms with Gasteiger partial charge in [0, 0.05) is 0 Å². The molecule has 1 aliphatic carbocycles. The van der Waals surface area contributed by atoms with Gasteiger partial charge in [0.15, 0.2) is 0 Å². The van der Waals surface area contributed by atoms with Crippen LogP contribution in [0.1, 0.15) is 59.3 Å². The van der Waals surface area contributed by atoms with E-state index in [1.165, 1.54) is 25.7 Å². The van der Waals surface area contributed by atoms with Crippen molar-refractivity contribution in [3.05, 3.63) is 0 Å². The molecular weight excluding hydrogens is 160 g/mol. The van der Waals surface area contributed by atoms with Crippen molar-refractivity contribution in [2.45, 2.75) is 64.9 Å². The highest BCUT2D eigenvalue weighted by Crippen LogP contribution is 2.36. The number of rotatable bonds is 2. The van der Waals surface area contributed by atoms with Crippen LogP contribution in [-0.2, 0) is 0 Å². The maximum atomic E-state index is 10.3. The highest BCUT2D eigenvalue weighted by Gasteiger charge is 2.33. The van der Waals surface area contributed by atoms with Gasteiger partial charge in [0.05, 0.1) is 5.60 Å². The second kappa shape index (κ2) is 4.45. The smallest absolute Gasteiger partial charge is 0.0670 e. The highest BCUT2D eigenvalue weighted by atomic mass is 16.3. The molecule has 0 heterocycles. The second-order valence-corrected chi connectivity index (χ2v) is 4.96. The molecule has 1 nitrogen and oxygen atoms in total. The molecule has 2 unspecified atom stereocenters. The molecule has 1 rings (SSSR count). The summed E-state index contributed by atoms with van der Waals surface area (Å²) in [5.41, 5.74) is -0.357. The quantitative estimate of drug-likeness (QED) is 0.652. The van der Waals surface area contributed by atoms with Crippen LogP contribution in [0.15, 0.2) is 0 Å². The van der Waals surface area contributed by atoms with Gasteiger partial charge in [0.1, 0.15) is 0 Å². The van der Waals surface area contributed by atoms with Crippen LogP contribution in [0.4, 0.5) is 0 Å². The lowest BCUT2D eigenvalue weighted by atomic mass is 9.83. The summed E-state index contributed by atoms with van der Waals surface area (Å²) in [5, 5.41) is 10.3. The minimum absolute atomic E-state index is 0.357. The van der Waals surface area contributed by atoms with Crippen LogP contribution < -0.4 is 0 Å². The Kier molecular flexibility index (Phi) is 3.78. The zero-order valence-corrected chi connectivity index (χ0v) is 9.34. The van der Waals surface area contributed by atoms with Gasteiger partial charge in [0.25, 0.3) is 0 Å². The molecular formula is C12H24O. The van der Waals surface area contributed by atoms with E-state index in [2.05, 4.69) is 20.8 Å². The van der Waals surface area contributed by atoms with Crippen molar-refractivity contribution in [2.75, 3.05) is 0 Å². The van der Waals surface area contributed by atoms with E-state index in [4.69, 9.17) is 0 Å². The molecule has 2 atom stereocenters. The Morgan fingerprint density at radius 3 is 2.54 bits per heavy atom. The van der Waals surface area contributed by atoms with Gasteiger partial charge in [-0.3, -0.25) is 0 Å². The van der Waals surface area contributed by atoms with E-state index < -0.39 is 0 Å². The van der Waals surface area contributed by atoms with Crippen molar-refractivity contribution in [3.8, 4) is 0 Å². The molecule has 0 aromatic carbocycles.